The molecule has 0 saturated heterocycles. The normalized spacial score (nSPS) is 13.0. The number of esters is 1. The van der Waals surface area contributed by atoms with E-state index in [-0.39, 0.29) is 17.9 Å². The minimum Gasteiger partial charge on any atom is -0.449 e. The largest absolute Gasteiger partial charge is 0.449 e. The van der Waals surface area contributed by atoms with Crippen LogP contribution in [0.1, 0.15) is 61.5 Å². The lowest BCUT2D eigenvalue weighted by Gasteiger charge is -2.18. The molecule has 0 aromatic heterocycles. The molecule has 29 heavy (non-hydrogen) atoms. The Bertz CT molecular complexity index is 771. The van der Waals surface area contributed by atoms with Crippen LogP contribution in [-0.2, 0) is 20.9 Å². The van der Waals surface area contributed by atoms with Gasteiger partial charge in [-0.25, -0.2) is 4.79 Å². The molecule has 1 amide bonds. The maximum Gasteiger partial charge on any atom is 0.338 e. The summed E-state index contributed by atoms with van der Waals surface area (Å²) in [5.41, 5.74) is 2.57. The van der Waals surface area contributed by atoms with Crippen LogP contribution in [0.5, 0.6) is 0 Å². The van der Waals surface area contributed by atoms with Gasteiger partial charge in [-0.3, -0.25) is 4.79 Å². The first-order chi connectivity index (χ1) is 13.9. The fourth-order valence-electron chi connectivity index (χ4n) is 2.87. The Morgan fingerprint density at radius 3 is 2.21 bits per heavy atom. The molecule has 5 nitrogen and oxygen atoms in total. The number of ether oxygens (including phenoxy) is 2. The van der Waals surface area contributed by atoms with E-state index in [9.17, 15) is 9.59 Å². The highest BCUT2D eigenvalue weighted by Crippen LogP contribution is 2.18. The van der Waals surface area contributed by atoms with Crippen molar-refractivity contribution >= 4 is 11.9 Å². The van der Waals surface area contributed by atoms with Gasteiger partial charge in [-0.15, -0.1) is 0 Å². The van der Waals surface area contributed by atoms with E-state index in [2.05, 4.69) is 24.4 Å². The first kappa shape index (κ1) is 22.6. The Morgan fingerprint density at radius 1 is 0.966 bits per heavy atom. The smallest absolute Gasteiger partial charge is 0.338 e. The summed E-state index contributed by atoms with van der Waals surface area (Å²) < 4.78 is 10.9. The van der Waals surface area contributed by atoms with Crippen molar-refractivity contribution in [3.8, 4) is 0 Å². The number of carbonyl (C=O) groups is 2. The summed E-state index contributed by atoms with van der Waals surface area (Å²) in [5.74, 6) is -0.586. The van der Waals surface area contributed by atoms with Crippen LogP contribution in [0, 0.1) is 0 Å². The first-order valence-corrected chi connectivity index (χ1v) is 10.1. The summed E-state index contributed by atoms with van der Waals surface area (Å²) in [7, 11) is 0. The molecule has 5 heteroatoms. The molecule has 0 aliphatic rings. The van der Waals surface area contributed by atoms with Crippen LogP contribution in [0.3, 0.4) is 0 Å². The molecule has 2 aromatic rings. The number of carbonyl (C=O) groups excluding carboxylic acids is 2. The number of rotatable bonds is 10. The predicted molar refractivity (Wildman–Crippen MR) is 114 cm³/mol. The highest BCUT2D eigenvalue weighted by atomic mass is 16.5. The number of hydrogen-bond donors (Lipinski definition) is 1. The standard InChI is InChI=1S/C24H31NO4/c1-5-20(21-9-7-6-8-10-21)15-25-23(26)18(4)29-24(27)22-13-11-19(12-14-22)16-28-17(2)3/h6-14,17-18,20H,5,15-16H2,1-4H3,(H,25,26)/t18-,20-/m1/s1. The molecule has 0 radical (unpaired) electrons. The Hall–Kier alpha value is -2.66. The predicted octanol–water partition coefficient (Wildman–Crippen LogP) is 4.47. The third-order valence-electron chi connectivity index (χ3n) is 4.71. The van der Waals surface area contributed by atoms with E-state index in [0.29, 0.717) is 18.7 Å². The lowest BCUT2D eigenvalue weighted by atomic mass is 9.96. The first-order valence-electron chi connectivity index (χ1n) is 10.1. The molecule has 2 atom stereocenters. The van der Waals surface area contributed by atoms with Crippen molar-refractivity contribution in [2.45, 2.75) is 58.8 Å². The van der Waals surface area contributed by atoms with E-state index < -0.39 is 12.1 Å². The third kappa shape index (κ3) is 7.35. The van der Waals surface area contributed by atoms with Gasteiger partial charge >= 0.3 is 5.97 Å². The molecule has 0 fully saturated rings. The zero-order valence-corrected chi connectivity index (χ0v) is 17.7. The molecule has 0 aliphatic carbocycles. The van der Waals surface area contributed by atoms with Gasteiger partial charge in [-0.1, -0.05) is 49.4 Å². The minimum absolute atomic E-state index is 0.146. The second-order valence-corrected chi connectivity index (χ2v) is 7.37. The van der Waals surface area contributed by atoms with E-state index in [1.54, 1.807) is 19.1 Å². The van der Waals surface area contributed by atoms with Gasteiger partial charge in [0.15, 0.2) is 6.10 Å². The summed E-state index contributed by atoms with van der Waals surface area (Å²) in [5, 5.41) is 2.89. The summed E-state index contributed by atoms with van der Waals surface area (Å²) in [6, 6.07) is 17.1. The molecule has 2 rings (SSSR count). The molecule has 0 spiro atoms. The van der Waals surface area contributed by atoms with Crippen LogP contribution >= 0.6 is 0 Å². The van der Waals surface area contributed by atoms with Gasteiger partial charge in [0, 0.05) is 12.5 Å². The molecular weight excluding hydrogens is 366 g/mol. The summed E-state index contributed by atoms with van der Waals surface area (Å²) in [4.78, 5) is 24.7. The monoisotopic (exact) mass is 397 g/mol. The van der Waals surface area contributed by atoms with Crippen molar-refractivity contribution in [2.75, 3.05) is 6.54 Å². The number of nitrogens with one attached hydrogen (secondary N) is 1. The molecule has 2 aromatic carbocycles. The van der Waals surface area contributed by atoms with Crippen molar-refractivity contribution in [2.24, 2.45) is 0 Å². The highest BCUT2D eigenvalue weighted by molar-refractivity contribution is 5.92. The Labute approximate surface area is 173 Å². The maximum atomic E-state index is 12.4. The Kier molecular flexibility index (Phi) is 8.87. The van der Waals surface area contributed by atoms with Crippen molar-refractivity contribution in [3.05, 3.63) is 71.3 Å². The molecule has 0 heterocycles. The van der Waals surface area contributed by atoms with Crippen molar-refractivity contribution in [1.29, 1.82) is 0 Å². The maximum absolute atomic E-state index is 12.4. The van der Waals surface area contributed by atoms with E-state index >= 15 is 0 Å². The number of amides is 1. The Morgan fingerprint density at radius 2 is 1.62 bits per heavy atom. The number of hydrogen-bond acceptors (Lipinski definition) is 4. The van der Waals surface area contributed by atoms with Gasteiger partial charge < -0.3 is 14.8 Å². The summed E-state index contributed by atoms with van der Waals surface area (Å²) in [6.45, 7) is 8.61. The lowest BCUT2D eigenvalue weighted by Crippen LogP contribution is -2.38. The minimum atomic E-state index is -0.861. The molecule has 0 bridgehead atoms. The van der Waals surface area contributed by atoms with E-state index in [1.807, 2.05) is 44.2 Å². The molecule has 156 valence electrons. The SMILES string of the molecule is CC[C@H](CNC(=O)[C@@H](C)OC(=O)c1ccc(COC(C)C)cc1)c1ccccc1. The van der Waals surface area contributed by atoms with Gasteiger partial charge in [0.05, 0.1) is 18.3 Å². The molecule has 0 saturated carbocycles. The fraction of sp³-hybridized carbons (Fsp3) is 0.417. The van der Waals surface area contributed by atoms with E-state index in [1.165, 1.54) is 5.56 Å². The topological polar surface area (TPSA) is 64.6 Å². The lowest BCUT2D eigenvalue weighted by molar-refractivity contribution is -0.129. The fourth-order valence-corrected chi connectivity index (χ4v) is 2.87. The summed E-state index contributed by atoms with van der Waals surface area (Å²) in [6.07, 6.45) is 0.193. The second-order valence-electron chi connectivity index (χ2n) is 7.37. The average molecular weight is 398 g/mol. The van der Waals surface area contributed by atoms with Gasteiger partial charge in [0.2, 0.25) is 0 Å². The van der Waals surface area contributed by atoms with Crippen molar-refractivity contribution in [1.82, 2.24) is 5.32 Å². The van der Waals surface area contributed by atoms with Crippen LogP contribution in [0.25, 0.3) is 0 Å². The number of benzene rings is 2. The highest BCUT2D eigenvalue weighted by Gasteiger charge is 2.20. The summed E-state index contributed by atoms with van der Waals surface area (Å²) >= 11 is 0. The van der Waals surface area contributed by atoms with Gasteiger partial charge in [0.1, 0.15) is 0 Å². The molecular formula is C24H31NO4. The van der Waals surface area contributed by atoms with Gasteiger partial charge in [-0.2, -0.15) is 0 Å². The van der Waals surface area contributed by atoms with Crippen molar-refractivity contribution < 1.29 is 19.1 Å². The zero-order valence-electron chi connectivity index (χ0n) is 17.7. The average Bonchev–Trinajstić information content (AvgIpc) is 2.73. The van der Waals surface area contributed by atoms with Gasteiger partial charge in [0.25, 0.3) is 5.91 Å². The molecule has 0 unspecified atom stereocenters. The quantitative estimate of drug-likeness (QED) is 0.601. The second kappa shape index (κ2) is 11.4. The van der Waals surface area contributed by atoms with Gasteiger partial charge in [-0.05, 0) is 50.5 Å². The van der Waals surface area contributed by atoms with Crippen LogP contribution < -0.4 is 5.32 Å². The van der Waals surface area contributed by atoms with Crippen LogP contribution in [-0.4, -0.2) is 30.6 Å². The van der Waals surface area contributed by atoms with Crippen LogP contribution in [0.4, 0.5) is 0 Å². The van der Waals surface area contributed by atoms with E-state index in [4.69, 9.17) is 9.47 Å². The Balaban J connectivity index is 1.84. The molecule has 1 N–H and O–H groups in total. The molecule has 0 aliphatic heterocycles. The zero-order chi connectivity index (χ0) is 21.2. The van der Waals surface area contributed by atoms with Crippen molar-refractivity contribution in [3.63, 3.8) is 0 Å². The van der Waals surface area contributed by atoms with E-state index in [0.717, 1.165) is 12.0 Å². The van der Waals surface area contributed by atoms with Crippen LogP contribution in [0.2, 0.25) is 0 Å². The third-order valence-corrected chi connectivity index (χ3v) is 4.71. The van der Waals surface area contributed by atoms with Crippen LogP contribution in [0.15, 0.2) is 54.6 Å².